The minimum Gasteiger partial charge on any atom is -0.392 e. The third-order valence-electron chi connectivity index (χ3n) is 1.64. The second-order valence-corrected chi connectivity index (χ2v) is 4.20. The van der Waals surface area contributed by atoms with Gasteiger partial charge in [0.15, 0.2) is 0 Å². The van der Waals surface area contributed by atoms with Crippen molar-refractivity contribution in [3.63, 3.8) is 0 Å². The summed E-state index contributed by atoms with van der Waals surface area (Å²) in [4.78, 5) is 5.03. The molecule has 0 amide bonds. The van der Waals surface area contributed by atoms with E-state index in [9.17, 15) is 0 Å². The Morgan fingerprint density at radius 1 is 1.83 bits per heavy atom. The molecule has 0 aromatic heterocycles. The van der Waals surface area contributed by atoms with Crippen LogP contribution in [0.15, 0.2) is 16.8 Å². The van der Waals surface area contributed by atoms with E-state index in [-0.39, 0.29) is 0 Å². The zero-order valence-electron chi connectivity index (χ0n) is 7.00. The van der Waals surface area contributed by atoms with E-state index >= 15 is 0 Å². The molecule has 0 aliphatic carbocycles. The van der Waals surface area contributed by atoms with Crippen LogP contribution in [0, 0.1) is 0 Å². The van der Waals surface area contributed by atoms with Gasteiger partial charge in [0.25, 0.3) is 0 Å². The van der Waals surface area contributed by atoms with Crippen LogP contribution in [0.25, 0.3) is 0 Å². The summed E-state index contributed by atoms with van der Waals surface area (Å²) in [6, 6.07) is 0. The summed E-state index contributed by atoms with van der Waals surface area (Å²) in [6.45, 7) is 2.61. The average Bonchev–Trinajstić information content (AvgIpc) is 2.46. The Bertz CT molecular complexity index is 193. The maximum absolute atomic E-state index is 5.31. The maximum atomic E-state index is 5.31. The summed E-state index contributed by atoms with van der Waals surface area (Å²) >= 11 is 7.23. The lowest BCUT2D eigenvalue weighted by Gasteiger charge is -2.00. The van der Waals surface area contributed by atoms with Crippen molar-refractivity contribution in [3.8, 4) is 0 Å². The molecular weight excluding hydrogens is 194 g/mol. The summed E-state index contributed by atoms with van der Waals surface area (Å²) in [5, 5.41) is 4.55. The van der Waals surface area contributed by atoms with Gasteiger partial charge in [-0.05, 0) is 25.2 Å². The van der Waals surface area contributed by atoms with Gasteiger partial charge in [-0.3, -0.25) is 0 Å². The molecule has 1 aliphatic rings. The van der Waals surface area contributed by atoms with E-state index in [4.69, 9.17) is 16.4 Å². The minimum atomic E-state index is 0.463. The molecule has 1 heterocycles. The first-order valence-corrected chi connectivity index (χ1v) is 5.38. The third-order valence-corrected chi connectivity index (χ3v) is 3.03. The number of halogens is 1. The lowest BCUT2D eigenvalue weighted by molar-refractivity contribution is 0.173. The van der Waals surface area contributed by atoms with Crippen LogP contribution in [0.3, 0.4) is 0 Å². The quantitative estimate of drug-likeness (QED) is 0.522. The number of oxime groups is 1. The Morgan fingerprint density at radius 3 is 3.25 bits per heavy atom. The third kappa shape index (κ3) is 3.07. The van der Waals surface area contributed by atoms with Gasteiger partial charge in [0.2, 0.25) is 0 Å². The van der Waals surface area contributed by atoms with E-state index in [0.717, 1.165) is 17.9 Å². The van der Waals surface area contributed by atoms with Gasteiger partial charge in [0.1, 0.15) is 6.61 Å². The standard InChI is InChI=1S/C8H12ClNOS/c1-7-8(3-6-12-7)10-11-5-2-4-9/h2,4,7H,3,5-6H2,1H3/b4-2+,10-8+. The second kappa shape index (κ2) is 5.49. The van der Waals surface area contributed by atoms with Gasteiger partial charge < -0.3 is 4.84 Å². The molecule has 1 atom stereocenters. The first-order chi connectivity index (χ1) is 5.84. The van der Waals surface area contributed by atoms with E-state index in [1.165, 1.54) is 5.54 Å². The Hall–Kier alpha value is -0.150. The van der Waals surface area contributed by atoms with Crippen LogP contribution in [0.4, 0.5) is 0 Å². The molecule has 12 heavy (non-hydrogen) atoms. The minimum absolute atomic E-state index is 0.463. The lowest BCUT2D eigenvalue weighted by atomic mass is 10.2. The highest BCUT2D eigenvalue weighted by atomic mass is 35.5. The Kier molecular flexibility index (Phi) is 4.54. The SMILES string of the molecule is CC1SCC/C1=N\OC/C=C/Cl. The Morgan fingerprint density at radius 2 is 2.67 bits per heavy atom. The second-order valence-electron chi connectivity index (χ2n) is 2.50. The predicted octanol–water partition coefficient (Wildman–Crippen LogP) is 2.64. The van der Waals surface area contributed by atoms with E-state index in [0.29, 0.717) is 11.9 Å². The highest BCUT2D eigenvalue weighted by Gasteiger charge is 2.18. The summed E-state index contributed by atoms with van der Waals surface area (Å²) < 4.78 is 0. The molecule has 1 rings (SSSR count). The molecule has 0 bridgehead atoms. The summed E-state index contributed by atoms with van der Waals surface area (Å²) in [7, 11) is 0. The van der Waals surface area contributed by atoms with Crippen LogP contribution >= 0.6 is 23.4 Å². The molecule has 1 saturated heterocycles. The predicted molar refractivity (Wildman–Crippen MR) is 54.9 cm³/mol. The fourth-order valence-electron chi connectivity index (χ4n) is 0.959. The van der Waals surface area contributed by atoms with Gasteiger partial charge in [-0.1, -0.05) is 16.8 Å². The zero-order chi connectivity index (χ0) is 8.81. The number of nitrogens with zero attached hydrogens (tertiary/aromatic N) is 1. The van der Waals surface area contributed by atoms with Gasteiger partial charge in [0.05, 0.1) is 5.71 Å². The molecule has 68 valence electrons. The molecule has 0 aromatic rings. The van der Waals surface area contributed by atoms with Crippen molar-refractivity contribution in [2.24, 2.45) is 5.16 Å². The maximum Gasteiger partial charge on any atom is 0.136 e. The van der Waals surface area contributed by atoms with Crippen molar-refractivity contribution in [2.45, 2.75) is 18.6 Å². The van der Waals surface area contributed by atoms with Crippen LogP contribution in [-0.4, -0.2) is 23.3 Å². The van der Waals surface area contributed by atoms with Crippen LogP contribution in [0.1, 0.15) is 13.3 Å². The number of hydrogen-bond acceptors (Lipinski definition) is 3. The van der Waals surface area contributed by atoms with Crippen molar-refractivity contribution in [1.82, 2.24) is 0 Å². The van der Waals surface area contributed by atoms with Crippen molar-refractivity contribution in [1.29, 1.82) is 0 Å². The highest BCUT2D eigenvalue weighted by Crippen LogP contribution is 2.23. The molecule has 2 nitrogen and oxygen atoms in total. The van der Waals surface area contributed by atoms with E-state index in [2.05, 4.69) is 12.1 Å². The van der Waals surface area contributed by atoms with Crippen LogP contribution in [0.2, 0.25) is 0 Å². The largest absolute Gasteiger partial charge is 0.392 e. The van der Waals surface area contributed by atoms with Crippen molar-refractivity contribution in [3.05, 3.63) is 11.6 Å². The normalized spacial score (nSPS) is 27.2. The molecule has 1 unspecified atom stereocenters. The van der Waals surface area contributed by atoms with Crippen molar-refractivity contribution < 1.29 is 4.84 Å². The van der Waals surface area contributed by atoms with E-state index in [1.54, 1.807) is 6.08 Å². The van der Waals surface area contributed by atoms with Gasteiger partial charge in [0, 0.05) is 10.8 Å². The number of rotatable bonds is 3. The molecule has 0 aromatic carbocycles. The molecule has 0 spiro atoms. The summed E-state index contributed by atoms with van der Waals surface area (Å²) in [6.07, 6.45) is 2.77. The molecule has 0 saturated carbocycles. The summed E-state index contributed by atoms with van der Waals surface area (Å²) in [5.41, 5.74) is 2.59. The van der Waals surface area contributed by atoms with E-state index < -0.39 is 0 Å². The molecule has 0 N–H and O–H groups in total. The first kappa shape index (κ1) is 9.93. The van der Waals surface area contributed by atoms with Crippen LogP contribution in [-0.2, 0) is 4.84 Å². The number of hydrogen-bond donors (Lipinski definition) is 0. The first-order valence-electron chi connectivity index (χ1n) is 3.90. The van der Waals surface area contributed by atoms with E-state index in [1.807, 2.05) is 11.8 Å². The monoisotopic (exact) mass is 205 g/mol. The smallest absolute Gasteiger partial charge is 0.136 e. The molecule has 4 heteroatoms. The fraction of sp³-hybridized carbons (Fsp3) is 0.625. The van der Waals surface area contributed by atoms with Gasteiger partial charge in [-0.15, -0.1) is 0 Å². The molecule has 1 fully saturated rings. The Labute approximate surface area is 82.0 Å². The van der Waals surface area contributed by atoms with Gasteiger partial charge >= 0.3 is 0 Å². The van der Waals surface area contributed by atoms with Crippen molar-refractivity contribution in [2.75, 3.05) is 12.4 Å². The summed E-state index contributed by atoms with van der Waals surface area (Å²) in [5.74, 6) is 1.16. The van der Waals surface area contributed by atoms with Crippen LogP contribution < -0.4 is 0 Å². The zero-order valence-corrected chi connectivity index (χ0v) is 8.57. The van der Waals surface area contributed by atoms with Crippen molar-refractivity contribution >= 4 is 29.1 Å². The Balaban J connectivity index is 2.26. The molecular formula is C8H12ClNOS. The van der Waals surface area contributed by atoms with Gasteiger partial charge in [-0.25, -0.2) is 0 Å². The fourth-order valence-corrected chi connectivity index (χ4v) is 2.07. The average molecular weight is 206 g/mol. The van der Waals surface area contributed by atoms with Crippen LogP contribution in [0.5, 0.6) is 0 Å². The highest BCUT2D eigenvalue weighted by molar-refractivity contribution is 8.01. The number of thioether (sulfide) groups is 1. The lowest BCUT2D eigenvalue weighted by Crippen LogP contribution is -2.06. The molecule has 1 aliphatic heterocycles. The van der Waals surface area contributed by atoms with Gasteiger partial charge in [-0.2, -0.15) is 11.8 Å². The molecule has 0 radical (unpaired) electrons. The topological polar surface area (TPSA) is 21.6 Å².